The zero-order chi connectivity index (χ0) is 14.4. The van der Waals surface area contributed by atoms with Gasteiger partial charge in [0.2, 0.25) is 5.91 Å². The lowest BCUT2D eigenvalue weighted by atomic mass is 10.2. The highest BCUT2D eigenvalue weighted by Gasteiger charge is 2.08. The van der Waals surface area contributed by atoms with Crippen molar-refractivity contribution >= 4 is 27.5 Å². The zero-order valence-corrected chi connectivity index (χ0v) is 13.0. The van der Waals surface area contributed by atoms with E-state index in [0.717, 1.165) is 6.42 Å². The van der Waals surface area contributed by atoms with E-state index in [1.165, 1.54) is 4.68 Å². The quantitative estimate of drug-likeness (QED) is 0.823. The molecule has 0 radical (unpaired) electrons. The molecule has 0 saturated carbocycles. The second kappa shape index (κ2) is 7.28. The monoisotopic (exact) mass is 330 g/mol. The molecule has 1 aromatic rings. The van der Waals surface area contributed by atoms with Crippen molar-refractivity contribution in [3.8, 4) is 0 Å². The molecule has 0 bridgehead atoms. The molecule has 2 N–H and O–H groups in total. The Balaban J connectivity index is 2.48. The number of aryl methyl sites for hydroxylation is 1. The third-order valence-electron chi connectivity index (χ3n) is 2.77. The zero-order valence-electron chi connectivity index (χ0n) is 11.4. The molecule has 1 aromatic heterocycles. The van der Waals surface area contributed by atoms with Crippen molar-refractivity contribution in [1.82, 2.24) is 15.1 Å². The molecule has 0 saturated heterocycles. The Morgan fingerprint density at radius 1 is 1.58 bits per heavy atom. The summed E-state index contributed by atoms with van der Waals surface area (Å²) in [5, 5.41) is 9.81. The Labute approximate surface area is 120 Å². The second-order valence-electron chi connectivity index (χ2n) is 4.35. The summed E-state index contributed by atoms with van der Waals surface area (Å²) in [5.41, 5.74) is 0.383. The predicted octanol–water partition coefficient (Wildman–Crippen LogP) is 1.26. The molecule has 0 aromatic carbocycles. The van der Waals surface area contributed by atoms with Crippen molar-refractivity contribution in [2.24, 2.45) is 7.05 Å². The van der Waals surface area contributed by atoms with Gasteiger partial charge in [-0.1, -0.05) is 6.92 Å². The molecule has 1 atom stereocenters. The normalized spacial score (nSPS) is 12.0. The van der Waals surface area contributed by atoms with Gasteiger partial charge in [-0.25, -0.2) is 4.68 Å². The fourth-order valence-electron chi connectivity index (χ4n) is 1.39. The first-order valence-electron chi connectivity index (χ1n) is 6.20. The van der Waals surface area contributed by atoms with E-state index < -0.39 is 0 Å². The summed E-state index contributed by atoms with van der Waals surface area (Å²) < 4.78 is 1.66. The largest absolute Gasteiger partial charge is 0.382 e. The minimum Gasteiger partial charge on any atom is -0.382 e. The number of hydrogen-bond acceptors (Lipinski definition) is 4. The molecule has 0 aliphatic heterocycles. The summed E-state index contributed by atoms with van der Waals surface area (Å²) >= 11 is 3.21. The van der Waals surface area contributed by atoms with E-state index in [1.54, 1.807) is 13.2 Å². The van der Waals surface area contributed by atoms with Gasteiger partial charge in [0.1, 0.15) is 4.47 Å². The number of carbonyl (C=O) groups is 1. The number of amides is 1. The molecule has 19 heavy (non-hydrogen) atoms. The first kappa shape index (κ1) is 15.7. The van der Waals surface area contributed by atoms with Crippen LogP contribution in [0, 0.1) is 0 Å². The van der Waals surface area contributed by atoms with Gasteiger partial charge in [0.15, 0.2) is 0 Å². The van der Waals surface area contributed by atoms with Gasteiger partial charge in [0.25, 0.3) is 5.56 Å². The number of carbonyl (C=O) groups excluding carboxylic acids is 1. The van der Waals surface area contributed by atoms with Crippen molar-refractivity contribution in [3.63, 3.8) is 0 Å². The molecule has 106 valence electrons. The Bertz CT molecular complexity index is 501. The highest BCUT2D eigenvalue weighted by Crippen LogP contribution is 2.15. The van der Waals surface area contributed by atoms with E-state index >= 15 is 0 Å². The van der Waals surface area contributed by atoms with Crippen LogP contribution in [-0.4, -0.2) is 28.3 Å². The lowest BCUT2D eigenvalue weighted by Crippen LogP contribution is -2.33. The van der Waals surface area contributed by atoms with Crippen LogP contribution < -0.4 is 16.2 Å². The van der Waals surface area contributed by atoms with E-state index in [-0.39, 0.29) is 17.5 Å². The van der Waals surface area contributed by atoms with E-state index in [2.05, 4.69) is 31.7 Å². The standard InChI is InChI=1S/C12H19BrN4O2/c1-4-8(2)16-10(18)5-6-14-9-7-15-17(3)12(19)11(9)13/h7-8,14H,4-6H2,1-3H3,(H,16,18). The van der Waals surface area contributed by atoms with Crippen LogP contribution in [0.3, 0.4) is 0 Å². The average Bonchev–Trinajstić information content (AvgIpc) is 2.38. The molecular formula is C12H19BrN4O2. The molecule has 0 aliphatic rings. The minimum absolute atomic E-state index is 0.00485. The van der Waals surface area contributed by atoms with Crippen molar-refractivity contribution in [2.45, 2.75) is 32.7 Å². The molecular weight excluding hydrogens is 312 g/mol. The Morgan fingerprint density at radius 3 is 2.89 bits per heavy atom. The summed E-state index contributed by atoms with van der Waals surface area (Å²) in [5.74, 6) is -0.00485. The SMILES string of the molecule is CCC(C)NC(=O)CCNc1cnn(C)c(=O)c1Br. The maximum Gasteiger partial charge on any atom is 0.282 e. The number of hydrogen-bond donors (Lipinski definition) is 2. The van der Waals surface area contributed by atoms with Crippen molar-refractivity contribution < 1.29 is 4.79 Å². The lowest BCUT2D eigenvalue weighted by Gasteiger charge is -2.12. The Morgan fingerprint density at radius 2 is 2.26 bits per heavy atom. The molecule has 1 unspecified atom stereocenters. The van der Waals surface area contributed by atoms with Crippen molar-refractivity contribution in [2.75, 3.05) is 11.9 Å². The number of nitrogens with one attached hydrogen (secondary N) is 2. The maximum absolute atomic E-state index is 11.6. The minimum atomic E-state index is -0.214. The highest BCUT2D eigenvalue weighted by atomic mass is 79.9. The molecule has 1 rings (SSSR count). The molecule has 6 nitrogen and oxygen atoms in total. The van der Waals surface area contributed by atoms with Crippen molar-refractivity contribution in [3.05, 3.63) is 21.0 Å². The van der Waals surface area contributed by atoms with Gasteiger partial charge in [-0.05, 0) is 29.3 Å². The van der Waals surface area contributed by atoms with E-state index in [4.69, 9.17) is 0 Å². The maximum atomic E-state index is 11.6. The van der Waals surface area contributed by atoms with E-state index in [9.17, 15) is 9.59 Å². The summed E-state index contributed by atoms with van der Waals surface area (Å²) in [6, 6.07) is 0.185. The van der Waals surface area contributed by atoms with Crippen LogP contribution in [-0.2, 0) is 11.8 Å². The fraction of sp³-hybridized carbons (Fsp3) is 0.583. The summed E-state index contributed by atoms with van der Waals surface area (Å²) in [6.07, 6.45) is 2.81. The van der Waals surface area contributed by atoms with Crippen LogP contribution in [0.15, 0.2) is 15.5 Å². The van der Waals surface area contributed by atoms with Crippen LogP contribution >= 0.6 is 15.9 Å². The summed E-state index contributed by atoms with van der Waals surface area (Å²) in [7, 11) is 1.58. The Kier molecular flexibility index (Phi) is 6.01. The smallest absolute Gasteiger partial charge is 0.282 e. The summed E-state index contributed by atoms with van der Waals surface area (Å²) in [6.45, 7) is 4.44. The average molecular weight is 331 g/mol. The van der Waals surface area contributed by atoms with Gasteiger partial charge in [-0.15, -0.1) is 0 Å². The van der Waals surface area contributed by atoms with Crippen LogP contribution in [0.2, 0.25) is 0 Å². The van der Waals surface area contributed by atoms with Gasteiger partial charge in [0, 0.05) is 26.1 Å². The fourth-order valence-corrected chi connectivity index (χ4v) is 1.89. The summed E-state index contributed by atoms with van der Waals surface area (Å²) in [4.78, 5) is 23.2. The predicted molar refractivity (Wildman–Crippen MR) is 78.2 cm³/mol. The third-order valence-corrected chi connectivity index (χ3v) is 3.53. The number of aromatic nitrogens is 2. The second-order valence-corrected chi connectivity index (χ2v) is 5.15. The first-order valence-corrected chi connectivity index (χ1v) is 7.00. The lowest BCUT2D eigenvalue weighted by molar-refractivity contribution is -0.121. The van der Waals surface area contributed by atoms with Gasteiger partial charge in [0.05, 0.1) is 11.9 Å². The van der Waals surface area contributed by atoms with Crippen molar-refractivity contribution in [1.29, 1.82) is 0 Å². The van der Waals surface area contributed by atoms with E-state index in [1.807, 2.05) is 13.8 Å². The number of nitrogens with zero attached hydrogens (tertiary/aromatic N) is 2. The van der Waals surface area contributed by atoms with Gasteiger partial charge >= 0.3 is 0 Å². The molecule has 1 heterocycles. The van der Waals surface area contributed by atoms with E-state index in [0.29, 0.717) is 23.1 Å². The van der Waals surface area contributed by atoms with Crippen LogP contribution in [0.4, 0.5) is 5.69 Å². The first-order chi connectivity index (χ1) is 8.95. The number of anilines is 1. The molecule has 0 fully saturated rings. The molecule has 1 amide bonds. The molecule has 0 spiro atoms. The molecule has 7 heteroatoms. The van der Waals surface area contributed by atoms with Crippen LogP contribution in [0.5, 0.6) is 0 Å². The van der Waals surface area contributed by atoms with Gasteiger partial charge < -0.3 is 10.6 Å². The topological polar surface area (TPSA) is 76.0 Å². The van der Waals surface area contributed by atoms with Crippen LogP contribution in [0.1, 0.15) is 26.7 Å². The van der Waals surface area contributed by atoms with Gasteiger partial charge in [-0.2, -0.15) is 5.10 Å². The number of halogens is 1. The third kappa shape index (κ3) is 4.66. The number of rotatable bonds is 6. The Hall–Kier alpha value is -1.37. The highest BCUT2D eigenvalue weighted by molar-refractivity contribution is 9.10. The molecule has 0 aliphatic carbocycles. The van der Waals surface area contributed by atoms with Gasteiger partial charge in [-0.3, -0.25) is 9.59 Å². The van der Waals surface area contributed by atoms with Crippen LogP contribution in [0.25, 0.3) is 0 Å².